The normalized spacial score (nSPS) is 15.2. The van der Waals surface area contributed by atoms with Gasteiger partial charge in [0, 0.05) is 18.9 Å². The van der Waals surface area contributed by atoms with Crippen LogP contribution in [0.15, 0.2) is 73.1 Å². The number of amides is 2. The van der Waals surface area contributed by atoms with Gasteiger partial charge in [-0.3, -0.25) is 19.4 Å². The predicted octanol–water partition coefficient (Wildman–Crippen LogP) is 2.55. The third-order valence-electron chi connectivity index (χ3n) is 5.52. The molecule has 3 aromatic rings. The van der Waals surface area contributed by atoms with E-state index in [2.05, 4.69) is 10.3 Å². The van der Waals surface area contributed by atoms with E-state index in [1.807, 2.05) is 6.07 Å². The summed E-state index contributed by atoms with van der Waals surface area (Å²) in [6, 6.07) is 15.6. The Bertz CT molecular complexity index is 1240. The van der Waals surface area contributed by atoms with Gasteiger partial charge < -0.3 is 14.8 Å². The van der Waals surface area contributed by atoms with Gasteiger partial charge in [0.05, 0.1) is 36.4 Å². The maximum absolute atomic E-state index is 12.8. The molecule has 2 aromatic carbocycles. The summed E-state index contributed by atoms with van der Waals surface area (Å²) in [5, 5.41) is 3.09. The number of pyridine rings is 1. The quantitative estimate of drug-likeness (QED) is 0.287. The highest BCUT2D eigenvalue weighted by Gasteiger charge is 2.39. The number of benzene rings is 2. The fourth-order valence-corrected chi connectivity index (χ4v) is 3.72. The molecular weight excluding hydrogens is 450 g/mol. The molecule has 2 heterocycles. The molecule has 0 aliphatic carbocycles. The van der Waals surface area contributed by atoms with Crippen LogP contribution >= 0.6 is 0 Å². The van der Waals surface area contributed by atoms with E-state index in [4.69, 9.17) is 9.47 Å². The van der Waals surface area contributed by atoms with Crippen LogP contribution in [0, 0.1) is 0 Å². The highest BCUT2D eigenvalue weighted by atomic mass is 16.5. The largest absolute Gasteiger partial charge is 0.496 e. The minimum absolute atomic E-state index is 0.0357. The van der Waals surface area contributed by atoms with Crippen molar-refractivity contribution >= 4 is 29.3 Å². The molecule has 35 heavy (non-hydrogen) atoms. The smallest absolute Gasteiger partial charge is 0.338 e. The standard InChI is InChI=1S/C26H23N3O6/c1-34-23-7-3-2-6-20(23)22(30)16-35-26(33)18-8-10-19(11-9-18)29-24(31)13-21(25(29)32)28-15-17-5-4-12-27-14-17/h2-12,14,21,28H,13,15-16H2,1H3. The van der Waals surface area contributed by atoms with Crippen LogP contribution in [0.5, 0.6) is 5.75 Å². The molecule has 1 fully saturated rings. The minimum Gasteiger partial charge on any atom is -0.496 e. The van der Waals surface area contributed by atoms with Gasteiger partial charge in [0.15, 0.2) is 6.61 Å². The monoisotopic (exact) mass is 473 g/mol. The van der Waals surface area contributed by atoms with E-state index in [0.29, 0.717) is 23.5 Å². The number of aromatic nitrogens is 1. The summed E-state index contributed by atoms with van der Waals surface area (Å²) in [7, 11) is 1.45. The lowest BCUT2D eigenvalue weighted by atomic mass is 10.1. The van der Waals surface area contributed by atoms with Gasteiger partial charge in [-0.2, -0.15) is 0 Å². The van der Waals surface area contributed by atoms with Gasteiger partial charge in [-0.1, -0.05) is 18.2 Å². The van der Waals surface area contributed by atoms with Crippen molar-refractivity contribution < 1.29 is 28.7 Å². The summed E-state index contributed by atoms with van der Waals surface area (Å²) in [6.07, 6.45) is 3.38. The molecule has 1 aromatic heterocycles. The number of ether oxygens (including phenoxy) is 2. The van der Waals surface area contributed by atoms with E-state index in [-0.39, 0.29) is 23.8 Å². The number of ketones is 1. The number of hydrogen-bond acceptors (Lipinski definition) is 8. The number of imide groups is 1. The van der Waals surface area contributed by atoms with Gasteiger partial charge >= 0.3 is 5.97 Å². The van der Waals surface area contributed by atoms with Crippen LogP contribution in [0.25, 0.3) is 0 Å². The van der Waals surface area contributed by atoms with Crippen molar-refractivity contribution in [2.24, 2.45) is 0 Å². The molecule has 4 rings (SSSR count). The predicted molar refractivity (Wildman–Crippen MR) is 126 cm³/mol. The van der Waals surface area contributed by atoms with Crippen molar-refractivity contribution in [3.8, 4) is 5.75 Å². The first kappa shape index (κ1) is 23.8. The number of carbonyl (C=O) groups excluding carboxylic acids is 4. The number of carbonyl (C=O) groups is 4. The molecule has 2 amide bonds. The van der Waals surface area contributed by atoms with Crippen LogP contribution < -0.4 is 15.0 Å². The van der Waals surface area contributed by atoms with Gasteiger partial charge in [0.1, 0.15) is 5.75 Å². The maximum Gasteiger partial charge on any atom is 0.338 e. The third-order valence-corrected chi connectivity index (χ3v) is 5.52. The maximum atomic E-state index is 12.8. The third kappa shape index (κ3) is 5.42. The molecule has 1 N–H and O–H groups in total. The molecule has 1 atom stereocenters. The van der Waals surface area contributed by atoms with E-state index in [9.17, 15) is 19.2 Å². The first-order valence-corrected chi connectivity index (χ1v) is 10.9. The van der Waals surface area contributed by atoms with E-state index < -0.39 is 24.4 Å². The van der Waals surface area contributed by atoms with Crippen molar-refractivity contribution in [2.45, 2.75) is 19.0 Å². The Hall–Kier alpha value is -4.37. The number of rotatable bonds is 9. The second kappa shape index (κ2) is 10.7. The van der Waals surface area contributed by atoms with Gasteiger partial charge in [-0.05, 0) is 48.0 Å². The second-order valence-electron chi connectivity index (χ2n) is 7.81. The number of Topliss-reactive ketones (excluding diaryl/α,β-unsaturated/α-hetero) is 1. The van der Waals surface area contributed by atoms with Gasteiger partial charge in [0.2, 0.25) is 11.7 Å². The summed E-state index contributed by atoms with van der Waals surface area (Å²) in [5.74, 6) is -1.40. The molecule has 1 unspecified atom stereocenters. The zero-order valence-corrected chi connectivity index (χ0v) is 19.0. The fourth-order valence-electron chi connectivity index (χ4n) is 3.72. The molecule has 0 bridgehead atoms. The van der Waals surface area contributed by atoms with Crippen molar-refractivity contribution in [1.82, 2.24) is 10.3 Å². The molecule has 1 aliphatic rings. The van der Waals surface area contributed by atoms with Crippen molar-refractivity contribution in [2.75, 3.05) is 18.6 Å². The number of nitrogens with zero attached hydrogens (tertiary/aromatic N) is 2. The lowest BCUT2D eigenvalue weighted by molar-refractivity contribution is -0.121. The molecule has 1 saturated heterocycles. The van der Waals surface area contributed by atoms with Crippen molar-refractivity contribution in [3.63, 3.8) is 0 Å². The Morgan fingerprint density at radius 3 is 2.54 bits per heavy atom. The Balaban J connectivity index is 1.35. The SMILES string of the molecule is COc1ccccc1C(=O)COC(=O)c1ccc(N2C(=O)CC(NCc3cccnc3)C2=O)cc1. The minimum atomic E-state index is -0.699. The van der Waals surface area contributed by atoms with Crippen LogP contribution in [-0.2, 0) is 20.9 Å². The zero-order valence-electron chi connectivity index (χ0n) is 19.0. The number of methoxy groups -OCH3 is 1. The molecular formula is C26H23N3O6. The number of anilines is 1. The zero-order chi connectivity index (χ0) is 24.8. The lowest BCUT2D eigenvalue weighted by Gasteiger charge is -2.16. The number of para-hydroxylation sites is 1. The molecule has 0 saturated carbocycles. The summed E-state index contributed by atoms with van der Waals surface area (Å²) < 4.78 is 10.3. The van der Waals surface area contributed by atoms with E-state index in [1.54, 1.807) is 42.7 Å². The number of nitrogens with one attached hydrogen (secondary N) is 1. The molecule has 0 radical (unpaired) electrons. The Kier molecular flexibility index (Phi) is 7.27. The van der Waals surface area contributed by atoms with E-state index >= 15 is 0 Å². The van der Waals surface area contributed by atoms with Crippen LogP contribution in [0.4, 0.5) is 5.69 Å². The van der Waals surface area contributed by atoms with Gasteiger partial charge in [0.25, 0.3) is 5.91 Å². The first-order valence-electron chi connectivity index (χ1n) is 10.9. The Labute approximate surface area is 201 Å². The summed E-state index contributed by atoms with van der Waals surface area (Å²) >= 11 is 0. The molecule has 9 nitrogen and oxygen atoms in total. The summed E-state index contributed by atoms with van der Waals surface area (Å²) in [6.45, 7) is -0.0436. The van der Waals surface area contributed by atoms with Gasteiger partial charge in [-0.25, -0.2) is 9.69 Å². The van der Waals surface area contributed by atoms with Crippen molar-refractivity contribution in [3.05, 3.63) is 89.7 Å². The highest BCUT2D eigenvalue weighted by molar-refractivity contribution is 6.22. The number of esters is 1. The lowest BCUT2D eigenvalue weighted by Crippen LogP contribution is -2.38. The molecule has 178 valence electrons. The highest BCUT2D eigenvalue weighted by Crippen LogP contribution is 2.24. The van der Waals surface area contributed by atoms with Crippen molar-refractivity contribution in [1.29, 1.82) is 0 Å². The van der Waals surface area contributed by atoms with E-state index in [1.165, 1.54) is 31.4 Å². The van der Waals surface area contributed by atoms with Crippen LogP contribution in [0.2, 0.25) is 0 Å². The molecule has 1 aliphatic heterocycles. The van der Waals surface area contributed by atoms with Gasteiger partial charge in [-0.15, -0.1) is 0 Å². The first-order chi connectivity index (χ1) is 17.0. The summed E-state index contributed by atoms with van der Waals surface area (Å²) in [4.78, 5) is 55.2. The van der Waals surface area contributed by atoms with Crippen LogP contribution in [-0.4, -0.2) is 48.3 Å². The van der Waals surface area contributed by atoms with Crippen LogP contribution in [0.3, 0.4) is 0 Å². The number of hydrogen-bond donors (Lipinski definition) is 1. The Morgan fingerprint density at radius 1 is 1.06 bits per heavy atom. The van der Waals surface area contributed by atoms with Crippen LogP contribution in [0.1, 0.15) is 32.7 Å². The molecule has 0 spiro atoms. The van der Waals surface area contributed by atoms with E-state index in [0.717, 1.165) is 10.5 Å². The summed E-state index contributed by atoms with van der Waals surface area (Å²) in [5.41, 5.74) is 1.76. The second-order valence-corrected chi connectivity index (χ2v) is 7.81. The average molecular weight is 473 g/mol. The average Bonchev–Trinajstić information content (AvgIpc) is 3.19. The Morgan fingerprint density at radius 2 is 1.83 bits per heavy atom. The topological polar surface area (TPSA) is 115 Å². The fraction of sp³-hybridized carbons (Fsp3) is 0.192. The molecule has 9 heteroatoms.